The standard InChI is InChI=1S/C17H17ClN2O5S/c1-11(16(21)19-14-7-4-6-13(18)10-14)25-17(22)12-5-3-8-15(9-12)20-26(2,23)24/h3-11,20H,1-2H3,(H,19,21). The van der Waals surface area contributed by atoms with E-state index in [1.807, 2.05) is 0 Å². The number of amides is 1. The van der Waals surface area contributed by atoms with Crippen molar-refractivity contribution in [2.75, 3.05) is 16.3 Å². The van der Waals surface area contributed by atoms with E-state index in [1.54, 1.807) is 24.3 Å². The molecule has 2 N–H and O–H groups in total. The zero-order valence-electron chi connectivity index (χ0n) is 14.0. The van der Waals surface area contributed by atoms with E-state index >= 15 is 0 Å². The van der Waals surface area contributed by atoms with Crippen molar-refractivity contribution in [1.29, 1.82) is 0 Å². The summed E-state index contributed by atoms with van der Waals surface area (Å²) in [5, 5.41) is 3.05. The fraction of sp³-hybridized carbons (Fsp3) is 0.176. The van der Waals surface area contributed by atoms with Crippen LogP contribution in [0.3, 0.4) is 0 Å². The number of carbonyl (C=O) groups is 2. The molecule has 0 aromatic heterocycles. The number of benzene rings is 2. The second kappa shape index (κ2) is 8.20. The van der Waals surface area contributed by atoms with Crippen molar-refractivity contribution in [3.8, 4) is 0 Å². The summed E-state index contributed by atoms with van der Waals surface area (Å²) in [6, 6.07) is 12.3. The summed E-state index contributed by atoms with van der Waals surface area (Å²) in [6.45, 7) is 1.43. The van der Waals surface area contributed by atoms with E-state index in [9.17, 15) is 18.0 Å². The van der Waals surface area contributed by atoms with Gasteiger partial charge in [0.2, 0.25) is 10.0 Å². The highest BCUT2D eigenvalue weighted by molar-refractivity contribution is 7.92. The average Bonchev–Trinajstić information content (AvgIpc) is 2.53. The average molecular weight is 397 g/mol. The van der Waals surface area contributed by atoms with E-state index < -0.39 is 28.0 Å². The van der Waals surface area contributed by atoms with Crippen LogP contribution < -0.4 is 10.0 Å². The highest BCUT2D eigenvalue weighted by atomic mass is 35.5. The number of halogens is 1. The second-order valence-corrected chi connectivity index (χ2v) is 7.69. The fourth-order valence-electron chi connectivity index (χ4n) is 2.02. The van der Waals surface area contributed by atoms with Crippen LogP contribution in [0.25, 0.3) is 0 Å². The summed E-state index contributed by atoms with van der Waals surface area (Å²) in [4.78, 5) is 24.3. The van der Waals surface area contributed by atoms with E-state index in [2.05, 4.69) is 10.0 Å². The number of carbonyl (C=O) groups excluding carboxylic acids is 2. The van der Waals surface area contributed by atoms with Crippen LogP contribution in [0.4, 0.5) is 11.4 Å². The van der Waals surface area contributed by atoms with Crippen molar-refractivity contribution >= 4 is 44.9 Å². The van der Waals surface area contributed by atoms with Crippen molar-refractivity contribution in [1.82, 2.24) is 0 Å². The normalized spacial score (nSPS) is 12.1. The molecule has 0 saturated heterocycles. The van der Waals surface area contributed by atoms with Crippen LogP contribution >= 0.6 is 11.6 Å². The smallest absolute Gasteiger partial charge is 0.338 e. The maximum Gasteiger partial charge on any atom is 0.338 e. The lowest BCUT2D eigenvalue weighted by molar-refractivity contribution is -0.123. The van der Waals surface area contributed by atoms with E-state index in [0.717, 1.165) is 6.26 Å². The summed E-state index contributed by atoms with van der Waals surface area (Å²) in [6.07, 6.45) is -0.0618. The summed E-state index contributed by atoms with van der Waals surface area (Å²) in [5.41, 5.74) is 0.809. The van der Waals surface area contributed by atoms with Crippen LogP contribution in [0.1, 0.15) is 17.3 Å². The number of nitrogens with one attached hydrogen (secondary N) is 2. The van der Waals surface area contributed by atoms with Gasteiger partial charge in [-0.25, -0.2) is 13.2 Å². The molecule has 1 amide bonds. The maximum atomic E-state index is 12.2. The summed E-state index contributed by atoms with van der Waals surface area (Å²) in [7, 11) is -3.47. The van der Waals surface area contributed by atoms with Crippen LogP contribution in [0.2, 0.25) is 5.02 Å². The SMILES string of the molecule is CC(OC(=O)c1cccc(NS(C)(=O)=O)c1)C(=O)Nc1cccc(Cl)c1. The Hall–Kier alpha value is -2.58. The summed E-state index contributed by atoms with van der Waals surface area (Å²) >= 11 is 5.85. The van der Waals surface area contributed by atoms with Gasteiger partial charge in [-0.3, -0.25) is 9.52 Å². The lowest BCUT2D eigenvalue weighted by Crippen LogP contribution is -2.30. The number of sulfonamides is 1. The zero-order valence-corrected chi connectivity index (χ0v) is 15.6. The molecule has 26 heavy (non-hydrogen) atoms. The van der Waals surface area contributed by atoms with E-state index in [4.69, 9.17) is 16.3 Å². The summed E-state index contributed by atoms with van der Waals surface area (Å²) < 4.78 is 29.9. The number of rotatable bonds is 6. The molecule has 2 rings (SSSR count). The predicted octanol–water partition coefficient (Wildman–Crippen LogP) is 2.90. The lowest BCUT2D eigenvalue weighted by Gasteiger charge is -2.14. The molecule has 0 bridgehead atoms. The van der Waals surface area contributed by atoms with E-state index in [-0.39, 0.29) is 11.3 Å². The number of anilines is 2. The Morgan fingerprint density at radius 3 is 2.38 bits per heavy atom. The van der Waals surface area contributed by atoms with Gasteiger partial charge in [-0.15, -0.1) is 0 Å². The van der Waals surface area contributed by atoms with Crippen molar-refractivity contribution in [3.05, 3.63) is 59.1 Å². The fourth-order valence-corrected chi connectivity index (χ4v) is 2.76. The molecule has 0 aliphatic carbocycles. The maximum absolute atomic E-state index is 12.2. The van der Waals surface area contributed by atoms with Gasteiger partial charge in [0.25, 0.3) is 5.91 Å². The highest BCUT2D eigenvalue weighted by Gasteiger charge is 2.19. The van der Waals surface area contributed by atoms with Crippen LogP contribution in [0, 0.1) is 0 Å². The predicted molar refractivity (Wildman–Crippen MR) is 99.9 cm³/mol. The van der Waals surface area contributed by atoms with Gasteiger partial charge in [0.1, 0.15) is 0 Å². The van der Waals surface area contributed by atoms with Crippen molar-refractivity contribution in [2.45, 2.75) is 13.0 Å². The Balaban J connectivity index is 2.02. The van der Waals surface area contributed by atoms with Gasteiger partial charge in [-0.1, -0.05) is 23.7 Å². The molecule has 9 heteroatoms. The number of hydrogen-bond acceptors (Lipinski definition) is 5. The molecule has 0 heterocycles. The molecule has 138 valence electrons. The topological polar surface area (TPSA) is 102 Å². The first kappa shape index (κ1) is 19.7. The van der Waals surface area contributed by atoms with Gasteiger partial charge >= 0.3 is 5.97 Å². The minimum Gasteiger partial charge on any atom is -0.449 e. The monoisotopic (exact) mass is 396 g/mol. The molecule has 0 aliphatic heterocycles. The van der Waals surface area contributed by atoms with Crippen LogP contribution in [0.5, 0.6) is 0 Å². The third kappa shape index (κ3) is 6.05. The van der Waals surface area contributed by atoms with E-state index in [1.165, 1.54) is 31.2 Å². The van der Waals surface area contributed by atoms with Crippen molar-refractivity contribution < 1.29 is 22.7 Å². The summed E-state index contributed by atoms with van der Waals surface area (Å²) in [5.74, 6) is -1.28. The first-order valence-electron chi connectivity index (χ1n) is 7.49. The second-order valence-electron chi connectivity index (χ2n) is 5.50. The minimum absolute atomic E-state index is 0.112. The van der Waals surface area contributed by atoms with Crippen LogP contribution in [-0.2, 0) is 19.6 Å². The lowest BCUT2D eigenvalue weighted by atomic mass is 10.2. The van der Waals surface area contributed by atoms with Gasteiger partial charge in [0.05, 0.1) is 11.8 Å². The van der Waals surface area contributed by atoms with Crippen LogP contribution in [-0.4, -0.2) is 32.7 Å². The molecule has 1 atom stereocenters. The highest BCUT2D eigenvalue weighted by Crippen LogP contribution is 2.16. The van der Waals surface area contributed by atoms with Gasteiger partial charge in [0, 0.05) is 16.4 Å². The van der Waals surface area contributed by atoms with Crippen molar-refractivity contribution in [3.63, 3.8) is 0 Å². The molecule has 0 fully saturated rings. The number of hydrogen-bond donors (Lipinski definition) is 2. The molecule has 0 spiro atoms. The molecular formula is C17H17ClN2O5S. The molecular weight excluding hydrogens is 380 g/mol. The number of ether oxygens (including phenoxy) is 1. The van der Waals surface area contributed by atoms with Gasteiger partial charge < -0.3 is 10.1 Å². The van der Waals surface area contributed by atoms with Crippen LogP contribution in [0.15, 0.2) is 48.5 Å². The third-order valence-electron chi connectivity index (χ3n) is 3.15. The molecule has 0 saturated carbocycles. The molecule has 1 unspecified atom stereocenters. The first-order valence-corrected chi connectivity index (χ1v) is 9.76. The molecule has 2 aromatic carbocycles. The Kier molecular flexibility index (Phi) is 6.23. The Morgan fingerprint density at radius 2 is 1.73 bits per heavy atom. The van der Waals surface area contributed by atoms with Gasteiger partial charge in [-0.05, 0) is 43.3 Å². The van der Waals surface area contributed by atoms with E-state index in [0.29, 0.717) is 10.7 Å². The van der Waals surface area contributed by atoms with Crippen molar-refractivity contribution in [2.24, 2.45) is 0 Å². The zero-order chi connectivity index (χ0) is 19.3. The van der Waals surface area contributed by atoms with Gasteiger partial charge in [0.15, 0.2) is 6.10 Å². The first-order chi connectivity index (χ1) is 12.1. The largest absolute Gasteiger partial charge is 0.449 e. The molecule has 7 nitrogen and oxygen atoms in total. The molecule has 0 aliphatic rings. The third-order valence-corrected chi connectivity index (χ3v) is 3.99. The van der Waals surface area contributed by atoms with Gasteiger partial charge in [-0.2, -0.15) is 0 Å². The quantitative estimate of drug-likeness (QED) is 0.731. The Labute approximate surface area is 156 Å². The Morgan fingerprint density at radius 1 is 1.08 bits per heavy atom. The molecule has 0 radical (unpaired) electrons. The Bertz CT molecular complexity index is 930. The number of esters is 1. The molecule has 2 aromatic rings. The minimum atomic E-state index is -3.47.